The maximum atomic E-state index is 13.5. The summed E-state index contributed by atoms with van der Waals surface area (Å²) >= 11 is 0. The molecule has 0 unspecified atom stereocenters. The van der Waals surface area contributed by atoms with E-state index in [9.17, 15) is 14.0 Å². The summed E-state index contributed by atoms with van der Waals surface area (Å²) in [6.07, 6.45) is 2.16. The van der Waals surface area contributed by atoms with Crippen molar-refractivity contribution in [3.63, 3.8) is 0 Å². The lowest BCUT2D eigenvalue weighted by Crippen LogP contribution is -2.50. The van der Waals surface area contributed by atoms with Gasteiger partial charge < -0.3 is 14.4 Å². The summed E-state index contributed by atoms with van der Waals surface area (Å²) in [6, 6.07) is 15.8. The van der Waals surface area contributed by atoms with Gasteiger partial charge in [0.2, 0.25) is 0 Å². The standard InChI is InChI=1S/C22H24FNO3/c1-17-13-22(16-25,14-19-8-5-9-20(23)12-19)10-11-24(17)21(26)27-15-18-6-3-2-4-7-18/h2-9,12,16-17H,10-11,13-15H2,1H3/t17-,22-/m0/s1. The molecule has 2 aromatic rings. The Morgan fingerprint density at radius 1 is 1.22 bits per heavy atom. The molecule has 0 aromatic heterocycles. The average Bonchev–Trinajstić information content (AvgIpc) is 2.67. The maximum Gasteiger partial charge on any atom is 0.410 e. The van der Waals surface area contributed by atoms with Crippen LogP contribution in [0.5, 0.6) is 0 Å². The summed E-state index contributed by atoms with van der Waals surface area (Å²) in [5.74, 6) is -0.302. The van der Waals surface area contributed by atoms with Crippen LogP contribution in [0.15, 0.2) is 54.6 Å². The molecule has 1 saturated heterocycles. The van der Waals surface area contributed by atoms with E-state index < -0.39 is 5.41 Å². The molecule has 0 aliphatic carbocycles. The van der Waals surface area contributed by atoms with Crippen LogP contribution in [0.3, 0.4) is 0 Å². The van der Waals surface area contributed by atoms with E-state index >= 15 is 0 Å². The SMILES string of the molecule is C[C@H]1C[C@](C=O)(Cc2cccc(F)c2)CCN1C(=O)OCc1ccccc1. The number of benzene rings is 2. The lowest BCUT2D eigenvalue weighted by atomic mass is 9.73. The number of halogens is 1. The van der Waals surface area contributed by atoms with Crippen LogP contribution in [0.25, 0.3) is 0 Å². The Morgan fingerprint density at radius 2 is 1.96 bits per heavy atom. The van der Waals surface area contributed by atoms with E-state index in [1.165, 1.54) is 12.1 Å². The van der Waals surface area contributed by atoms with Gasteiger partial charge in [0.25, 0.3) is 0 Å². The molecule has 5 heteroatoms. The molecule has 1 heterocycles. The Kier molecular flexibility index (Phi) is 5.89. The molecule has 0 N–H and O–H groups in total. The van der Waals surface area contributed by atoms with E-state index in [4.69, 9.17) is 4.74 Å². The summed E-state index contributed by atoms with van der Waals surface area (Å²) in [5.41, 5.74) is 1.15. The second kappa shape index (κ2) is 8.33. The molecule has 1 fully saturated rings. The van der Waals surface area contributed by atoms with Crippen molar-refractivity contribution in [3.8, 4) is 0 Å². The number of rotatable bonds is 5. The van der Waals surface area contributed by atoms with Crippen molar-refractivity contribution in [1.82, 2.24) is 4.90 Å². The van der Waals surface area contributed by atoms with Crippen molar-refractivity contribution in [2.75, 3.05) is 6.54 Å². The molecule has 0 saturated carbocycles. The number of hydrogen-bond acceptors (Lipinski definition) is 3. The minimum atomic E-state index is -0.580. The number of hydrogen-bond donors (Lipinski definition) is 0. The second-order valence-electron chi connectivity index (χ2n) is 7.32. The molecule has 1 amide bonds. The number of likely N-dealkylation sites (tertiary alicyclic amines) is 1. The van der Waals surface area contributed by atoms with E-state index in [1.54, 1.807) is 11.0 Å². The van der Waals surface area contributed by atoms with Gasteiger partial charge in [-0.2, -0.15) is 0 Å². The largest absolute Gasteiger partial charge is 0.445 e. The van der Waals surface area contributed by atoms with Gasteiger partial charge in [0.1, 0.15) is 18.7 Å². The summed E-state index contributed by atoms with van der Waals surface area (Å²) in [7, 11) is 0. The molecule has 27 heavy (non-hydrogen) atoms. The van der Waals surface area contributed by atoms with Gasteiger partial charge in [-0.1, -0.05) is 42.5 Å². The molecule has 2 aromatic carbocycles. The molecule has 3 rings (SSSR count). The van der Waals surface area contributed by atoms with Gasteiger partial charge in [-0.25, -0.2) is 9.18 Å². The predicted molar refractivity (Wildman–Crippen MR) is 101 cm³/mol. The third kappa shape index (κ3) is 4.73. The normalized spacial score (nSPS) is 22.3. The molecule has 0 bridgehead atoms. The van der Waals surface area contributed by atoms with Crippen LogP contribution in [-0.4, -0.2) is 29.9 Å². The first kappa shape index (κ1) is 19.1. The van der Waals surface area contributed by atoms with Crippen LogP contribution >= 0.6 is 0 Å². The molecule has 0 radical (unpaired) electrons. The first-order chi connectivity index (χ1) is 13.0. The van der Waals surface area contributed by atoms with Crippen LogP contribution in [-0.2, 0) is 22.6 Å². The summed E-state index contributed by atoms with van der Waals surface area (Å²) < 4.78 is 18.9. The highest BCUT2D eigenvalue weighted by molar-refractivity contribution is 5.69. The molecule has 142 valence electrons. The Hall–Kier alpha value is -2.69. The third-order valence-electron chi connectivity index (χ3n) is 5.22. The number of nitrogens with zero attached hydrogens (tertiary/aromatic N) is 1. The molecule has 0 spiro atoms. The van der Waals surface area contributed by atoms with Gasteiger partial charge in [0.15, 0.2) is 0 Å². The number of carbonyl (C=O) groups is 2. The van der Waals surface area contributed by atoms with Gasteiger partial charge in [-0.05, 0) is 49.4 Å². The Balaban J connectivity index is 1.61. The number of ether oxygens (including phenoxy) is 1. The minimum absolute atomic E-state index is 0.124. The first-order valence-corrected chi connectivity index (χ1v) is 9.19. The van der Waals surface area contributed by atoms with Crippen LogP contribution < -0.4 is 0 Å². The lowest BCUT2D eigenvalue weighted by Gasteiger charge is -2.42. The fourth-order valence-corrected chi connectivity index (χ4v) is 3.80. The summed E-state index contributed by atoms with van der Waals surface area (Å²) in [6.45, 7) is 2.60. The van der Waals surface area contributed by atoms with Crippen molar-refractivity contribution in [2.24, 2.45) is 5.41 Å². The van der Waals surface area contributed by atoms with Gasteiger partial charge in [-0.3, -0.25) is 0 Å². The van der Waals surface area contributed by atoms with E-state index in [-0.39, 0.29) is 24.6 Å². The Bertz CT molecular complexity index is 795. The number of amides is 1. The van der Waals surface area contributed by atoms with Crippen molar-refractivity contribution >= 4 is 12.4 Å². The number of aldehydes is 1. The summed E-state index contributed by atoms with van der Waals surface area (Å²) in [4.78, 5) is 26.0. The Morgan fingerprint density at radius 3 is 2.63 bits per heavy atom. The monoisotopic (exact) mass is 369 g/mol. The highest BCUT2D eigenvalue weighted by Gasteiger charge is 2.40. The highest BCUT2D eigenvalue weighted by Crippen LogP contribution is 2.36. The van der Waals surface area contributed by atoms with E-state index in [2.05, 4.69) is 0 Å². The highest BCUT2D eigenvalue weighted by atomic mass is 19.1. The van der Waals surface area contributed by atoms with Crippen LogP contribution in [0, 0.1) is 11.2 Å². The fourth-order valence-electron chi connectivity index (χ4n) is 3.80. The zero-order valence-electron chi connectivity index (χ0n) is 15.4. The third-order valence-corrected chi connectivity index (χ3v) is 5.22. The zero-order chi connectivity index (χ0) is 19.3. The number of carbonyl (C=O) groups excluding carboxylic acids is 2. The van der Waals surface area contributed by atoms with Gasteiger partial charge in [0, 0.05) is 18.0 Å². The fraction of sp³-hybridized carbons (Fsp3) is 0.364. The van der Waals surface area contributed by atoms with Crippen molar-refractivity contribution in [2.45, 2.75) is 38.8 Å². The molecular weight excluding hydrogens is 345 g/mol. The van der Waals surface area contributed by atoms with E-state index in [0.29, 0.717) is 25.8 Å². The predicted octanol–water partition coefficient (Wildman–Crippen LogP) is 4.37. The smallest absolute Gasteiger partial charge is 0.410 e. The zero-order valence-corrected chi connectivity index (χ0v) is 15.4. The van der Waals surface area contributed by atoms with Gasteiger partial charge in [-0.15, -0.1) is 0 Å². The van der Waals surface area contributed by atoms with E-state index in [1.807, 2.05) is 43.3 Å². The van der Waals surface area contributed by atoms with Crippen LogP contribution in [0.1, 0.15) is 30.9 Å². The quantitative estimate of drug-likeness (QED) is 0.735. The molecular formula is C22H24FNO3. The lowest BCUT2D eigenvalue weighted by molar-refractivity contribution is -0.119. The Labute approximate surface area is 158 Å². The molecule has 2 atom stereocenters. The van der Waals surface area contributed by atoms with Crippen molar-refractivity contribution in [1.29, 1.82) is 0 Å². The van der Waals surface area contributed by atoms with Crippen molar-refractivity contribution < 1.29 is 18.7 Å². The van der Waals surface area contributed by atoms with Crippen LogP contribution in [0.2, 0.25) is 0 Å². The first-order valence-electron chi connectivity index (χ1n) is 9.19. The molecule has 1 aliphatic heterocycles. The molecule has 1 aliphatic rings. The second-order valence-corrected chi connectivity index (χ2v) is 7.32. The number of piperidine rings is 1. The minimum Gasteiger partial charge on any atom is -0.445 e. The van der Waals surface area contributed by atoms with Gasteiger partial charge in [0.05, 0.1) is 0 Å². The molecule has 4 nitrogen and oxygen atoms in total. The maximum absolute atomic E-state index is 13.5. The van der Waals surface area contributed by atoms with Gasteiger partial charge >= 0.3 is 6.09 Å². The van der Waals surface area contributed by atoms with E-state index in [0.717, 1.165) is 17.4 Å². The topological polar surface area (TPSA) is 46.6 Å². The van der Waals surface area contributed by atoms with Crippen LogP contribution in [0.4, 0.5) is 9.18 Å². The average molecular weight is 369 g/mol. The summed E-state index contributed by atoms with van der Waals surface area (Å²) in [5, 5.41) is 0. The van der Waals surface area contributed by atoms with Crippen molar-refractivity contribution in [3.05, 3.63) is 71.5 Å².